The third-order valence-corrected chi connectivity index (χ3v) is 8.23. The minimum atomic E-state index is -0.139. The summed E-state index contributed by atoms with van der Waals surface area (Å²) in [5, 5.41) is 6.60. The molecule has 2 atom stereocenters. The van der Waals surface area contributed by atoms with Gasteiger partial charge >= 0.3 is 0 Å². The lowest BCUT2D eigenvalue weighted by atomic mass is 10.2. The standard InChI is InChI=1S/C30H26N4S2/c1-5-13-23(14-6-1)21-35-29-31-27(25-17-9-3-10-18-25)34-30(36-22-24-15-7-2-8-16-24)32-28(33(29)34)26-19-11-4-12-20-26/h1-20,27-28H,21-22H2. The van der Waals surface area contributed by atoms with Crippen molar-refractivity contribution in [3.05, 3.63) is 144 Å². The fourth-order valence-corrected chi connectivity index (χ4v) is 6.36. The van der Waals surface area contributed by atoms with Crippen molar-refractivity contribution in [2.45, 2.75) is 23.8 Å². The second kappa shape index (κ2) is 10.6. The molecular formula is C30H26N4S2. The first-order valence-corrected chi connectivity index (χ1v) is 14.0. The van der Waals surface area contributed by atoms with Gasteiger partial charge in [0.2, 0.25) is 0 Å². The summed E-state index contributed by atoms with van der Waals surface area (Å²) in [7, 11) is 0. The number of nitrogens with zero attached hydrogens (tertiary/aromatic N) is 4. The van der Waals surface area contributed by atoms with Gasteiger partial charge in [0.25, 0.3) is 0 Å². The number of hydrogen-bond acceptors (Lipinski definition) is 6. The zero-order chi connectivity index (χ0) is 24.2. The fourth-order valence-electron chi connectivity index (χ4n) is 4.40. The molecule has 0 fully saturated rings. The monoisotopic (exact) mass is 506 g/mol. The Morgan fingerprint density at radius 2 is 0.806 bits per heavy atom. The maximum absolute atomic E-state index is 5.28. The van der Waals surface area contributed by atoms with Crippen LogP contribution in [0.5, 0.6) is 0 Å². The average molecular weight is 507 g/mol. The van der Waals surface area contributed by atoms with E-state index in [-0.39, 0.29) is 12.3 Å². The van der Waals surface area contributed by atoms with Crippen molar-refractivity contribution >= 4 is 33.9 Å². The molecular weight excluding hydrogens is 480 g/mol. The Balaban J connectivity index is 1.36. The Hall–Kier alpha value is -3.48. The quantitative estimate of drug-likeness (QED) is 0.271. The van der Waals surface area contributed by atoms with Crippen molar-refractivity contribution in [2.75, 3.05) is 0 Å². The van der Waals surface area contributed by atoms with Crippen LogP contribution in [0.3, 0.4) is 0 Å². The van der Waals surface area contributed by atoms with Gasteiger partial charge in [-0.1, -0.05) is 145 Å². The number of hydrazine groups is 1. The van der Waals surface area contributed by atoms with Crippen LogP contribution in [0, 0.1) is 0 Å². The molecule has 36 heavy (non-hydrogen) atoms. The molecule has 6 heteroatoms. The molecule has 178 valence electrons. The highest BCUT2D eigenvalue weighted by molar-refractivity contribution is 8.13. The summed E-state index contributed by atoms with van der Waals surface area (Å²) in [4.78, 5) is 10.6. The van der Waals surface area contributed by atoms with Gasteiger partial charge in [-0.05, 0) is 22.3 Å². The summed E-state index contributed by atoms with van der Waals surface area (Å²) >= 11 is 3.56. The van der Waals surface area contributed by atoms with Gasteiger partial charge in [-0.25, -0.2) is 20.0 Å². The molecule has 0 bridgehead atoms. The molecule has 2 heterocycles. The molecule has 0 amide bonds. The number of rotatable bonds is 6. The second-order valence-corrected chi connectivity index (χ2v) is 10.5. The maximum Gasteiger partial charge on any atom is 0.183 e. The fraction of sp³-hybridized carbons (Fsp3) is 0.133. The Bertz CT molecular complexity index is 1240. The average Bonchev–Trinajstić information content (AvgIpc) is 3.52. The van der Waals surface area contributed by atoms with E-state index in [1.54, 1.807) is 23.5 Å². The SMILES string of the molecule is c1ccc(CSC2=NC(c3ccccc3)N3C(SCc4ccccc4)=NC(c4ccccc4)N23)cc1. The number of benzene rings is 4. The van der Waals surface area contributed by atoms with E-state index in [0.29, 0.717) is 0 Å². The summed E-state index contributed by atoms with van der Waals surface area (Å²) in [6.45, 7) is 0. The number of fused-ring (bicyclic) bond motifs is 1. The van der Waals surface area contributed by atoms with E-state index in [1.165, 1.54) is 22.3 Å². The smallest absolute Gasteiger partial charge is 0.183 e. The lowest BCUT2D eigenvalue weighted by Gasteiger charge is -2.31. The predicted octanol–water partition coefficient (Wildman–Crippen LogP) is 7.51. The van der Waals surface area contributed by atoms with Crippen molar-refractivity contribution in [2.24, 2.45) is 9.98 Å². The summed E-state index contributed by atoms with van der Waals surface area (Å²) < 4.78 is 0. The molecule has 2 aliphatic heterocycles. The predicted molar refractivity (Wildman–Crippen MR) is 152 cm³/mol. The van der Waals surface area contributed by atoms with Gasteiger partial charge in [0, 0.05) is 11.5 Å². The molecule has 4 aromatic rings. The summed E-state index contributed by atoms with van der Waals surface area (Å²) in [6.07, 6.45) is -0.277. The van der Waals surface area contributed by atoms with Crippen LogP contribution in [0.15, 0.2) is 131 Å². The van der Waals surface area contributed by atoms with Gasteiger partial charge in [-0.15, -0.1) is 0 Å². The molecule has 0 radical (unpaired) electrons. The largest absolute Gasteiger partial charge is 0.229 e. The minimum absolute atomic E-state index is 0.139. The molecule has 4 nitrogen and oxygen atoms in total. The lowest BCUT2D eigenvalue weighted by molar-refractivity contribution is 0.105. The Kier molecular flexibility index (Phi) is 6.79. The number of hydrogen-bond donors (Lipinski definition) is 0. The van der Waals surface area contributed by atoms with Crippen LogP contribution in [-0.2, 0) is 11.5 Å². The van der Waals surface area contributed by atoms with Crippen LogP contribution in [0.4, 0.5) is 0 Å². The van der Waals surface area contributed by atoms with Crippen LogP contribution in [0.25, 0.3) is 0 Å². The number of thioether (sulfide) groups is 2. The zero-order valence-electron chi connectivity index (χ0n) is 19.7. The van der Waals surface area contributed by atoms with Crippen LogP contribution in [-0.4, -0.2) is 20.4 Å². The van der Waals surface area contributed by atoms with Crippen molar-refractivity contribution < 1.29 is 0 Å². The van der Waals surface area contributed by atoms with Crippen molar-refractivity contribution in [3.8, 4) is 0 Å². The Morgan fingerprint density at radius 3 is 1.17 bits per heavy atom. The van der Waals surface area contributed by atoms with Gasteiger partial charge in [0.15, 0.2) is 22.7 Å². The van der Waals surface area contributed by atoms with Gasteiger partial charge in [-0.3, -0.25) is 0 Å². The highest BCUT2D eigenvalue weighted by Gasteiger charge is 2.46. The maximum atomic E-state index is 5.28. The molecule has 0 saturated carbocycles. The van der Waals surface area contributed by atoms with E-state index >= 15 is 0 Å². The van der Waals surface area contributed by atoms with E-state index in [2.05, 4.69) is 131 Å². The molecule has 4 aromatic carbocycles. The molecule has 0 N–H and O–H groups in total. The third kappa shape index (κ3) is 4.79. The van der Waals surface area contributed by atoms with Crippen molar-refractivity contribution in [3.63, 3.8) is 0 Å². The summed E-state index contributed by atoms with van der Waals surface area (Å²) in [5.74, 6) is 1.72. The molecule has 2 unspecified atom stereocenters. The van der Waals surface area contributed by atoms with Crippen molar-refractivity contribution in [1.82, 2.24) is 10.0 Å². The van der Waals surface area contributed by atoms with Gasteiger partial charge in [0.05, 0.1) is 0 Å². The molecule has 0 saturated heterocycles. The molecule has 0 aromatic heterocycles. The molecule has 0 spiro atoms. The normalized spacial score (nSPS) is 18.7. The van der Waals surface area contributed by atoms with Crippen molar-refractivity contribution in [1.29, 1.82) is 0 Å². The molecule has 0 aliphatic carbocycles. The first kappa shape index (κ1) is 23.0. The molecule has 6 rings (SSSR count). The van der Waals surface area contributed by atoms with E-state index in [9.17, 15) is 0 Å². The first-order chi connectivity index (χ1) is 17.9. The van der Waals surface area contributed by atoms with Gasteiger partial charge in [-0.2, -0.15) is 0 Å². The summed E-state index contributed by atoms with van der Waals surface area (Å²) in [5.41, 5.74) is 4.91. The van der Waals surface area contributed by atoms with Crippen LogP contribution in [0.2, 0.25) is 0 Å². The Labute approximate surface area is 220 Å². The minimum Gasteiger partial charge on any atom is -0.229 e. The third-order valence-electron chi connectivity index (χ3n) is 6.17. The van der Waals surface area contributed by atoms with Crippen LogP contribution in [0.1, 0.15) is 34.6 Å². The number of aliphatic imine (C=N–C) groups is 2. The van der Waals surface area contributed by atoms with E-state index in [0.717, 1.165) is 21.8 Å². The zero-order valence-corrected chi connectivity index (χ0v) is 21.4. The highest BCUT2D eigenvalue weighted by atomic mass is 32.2. The van der Waals surface area contributed by atoms with Gasteiger partial charge in [0.1, 0.15) is 0 Å². The van der Waals surface area contributed by atoms with Gasteiger partial charge < -0.3 is 0 Å². The number of amidine groups is 2. The molecule has 2 aliphatic rings. The van der Waals surface area contributed by atoms with Crippen LogP contribution >= 0.6 is 23.5 Å². The van der Waals surface area contributed by atoms with Crippen LogP contribution < -0.4 is 0 Å². The Morgan fingerprint density at radius 1 is 0.472 bits per heavy atom. The lowest BCUT2D eigenvalue weighted by Crippen LogP contribution is -2.40. The second-order valence-electron chi connectivity index (χ2n) is 8.63. The van der Waals surface area contributed by atoms with E-state index in [4.69, 9.17) is 9.98 Å². The highest BCUT2D eigenvalue weighted by Crippen LogP contribution is 2.46. The van der Waals surface area contributed by atoms with E-state index < -0.39 is 0 Å². The topological polar surface area (TPSA) is 31.2 Å². The van der Waals surface area contributed by atoms with E-state index in [1.807, 2.05) is 0 Å². The first-order valence-electron chi connectivity index (χ1n) is 12.0. The summed E-state index contributed by atoms with van der Waals surface area (Å²) in [6, 6.07) is 42.3.